The summed E-state index contributed by atoms with van der Waals surface area (Å²) in [6.45, 7) is 2.07. The van der Waals surface area contributed by atoms with Crippen molar-refractivity contribution in [2.75, 3.05) is 0 Å². The standard InChI is InChI=1S/C13H14O/c1-10-5-7-11(8-6-10)9-12-3-2-4-13(12)14/h5-9H,2-4H2,1H3/b12-9+. The van der Waals surface area contributed by atoms with E-state index < -0.39 is 0 Å². The van der Waals surface area contributed by atoms with Crippen LogP contribution in [0.15, 0.2) is 29.8 Å². The van der Waals surface area contributed by atoms with E-state index in [2.05, 4.69) is 31.2 Å². The molecular formula is C13H14O. The van der Waals surface area contributed by atoms with Gasteiger partial charge in [0, 0.05) is 6.42 Å². The van der Waals surface area contributed by atoms with Gasteiger partial charge in [-0.2, -0.15) is 0 Å². The fourth-order valence-corrected chi connectivity index (χ4v) is 1.76. The molecule has 2 rings (SSSR count). The van der Waals surface area contributed by atoms with E-state index in [0.29, 0.717) is 5.78 Å². The van der Waals surface area contributed by atoms with Crippen molar-refractivity contribution in [3.05, 3.63) is 41.0 Å². The van der Waals surface area contributed by atoms with Gasteiger partial charge in [0.25, 0.3) is 0 Å². The number of allylic oxidation sites excluding steroid dienone is 1. The summed E-state index contributed by atoms with van der Waals surface area (Å²) in [6.07, 6.45) is 4.73. The van der Waals surface area contributed by atoms with Gasteiger partial charge in [-0.25, -0.2) is 0 Å². The van der Waals surface area contributed by atoms with Gasteiger partial charge in [0.1, 0.15) is 0 Å². The van der Waals surface area contributed by atoms with E-state index in [-0.39, 0.29) is 0 Å². The van der Waals surface area contributed by atoms with Gasteiger partial charge in [-0.3, -0.25) is 4.79 Å². The van der Waals surface area contributed by atoms with Crippen molar-refractivity contribution in [1.82, 2.24) is 0 Å². The molecule has 1 nitrogen and oxygen atoms in total. The number of aryl methyl sites for hydroxylation is 1. The number of rotatable bonds is 1. The molecule has 72 valence electrons. The quantitative estimate of drug-likeness (QED) is 0.616. The van der Waals surface area contributed by atoms with Crippen LogP contribution in [0.1, 0.15) is 30.4 Å². The van der Waals surface area contributed by atoms with Crippen LogP contribution in [0.4, 0.5) is 0 Å². The van der Waals surface area contributed by atoms with Gasteiger partial charge in [-0.1, -0.05) is 29.8 Å². The minimum Gasteiger partial charge on any atom is -0.295 e. The lowest BCUT2D eigenvalue weighted by Gasteiger charge is -1.97. The Morgan fingerprint density at radius 2 is 1.86 bits per heavy atom. The lowest BCUT2D eigenvalue weighted by molar-refractivity contribution is -0.114. The normalized spacial score (nSPS) is 19.2. The van der Waals surface area contributed by atoms with Crippen LogP contribution >= 0.6 is 0 Å². The van der Waals surface area contributed by atoms with Crippen LogP contribution in [0.3, 0.4) is 0 Å². The topological polar surface area (TPSA) is 17.1 Å². The van der Waals surface area contributed by atoms with Crippen molar-refractivity contribution in [1.29, 1.82) is 0 Å². The van der Waals surface area contributed by atoms with E-state index >= 15 is 0 Å². The molecule has 0 unspecified atom stereocenters. The summed E-state index contributed by atoms with van der Waals surface area (Å²) in [5.41, 5.74) is 3.39. The Morgan fingerprint density at radius 3 is 2.43 bits per heavy atom. The number of Topliss-reactive ketones (excluding diaryl/α,β-unsaturated/α-hetero) is 1. The summed E-state index contributed by atoms with van der Waals surface area (Å²) in [7, 11) is 0. The Balaban J connectivity index is 2.24. The molecular weight excluding hydrogens is 172 g/mol. The second-order valence-corrected chi connectivity index (χ2v) is 3.86. The third-order valence-corrected chi connectivity index (χ3v) is 2.63. The molecule has 0 heterocycles. The molecule has 0 radical (unpaired) electrons. The number of hydrogen-bond acceptors (Lipinski definition) is 1. The van der Waals surface area contributed by atoms with Gasteiger partial charge in [0.05, 0.1) is 0 Å². The highest BCUT2D eigenvalue weighted by atomic mass is 16.1. The first-order valence-electron chi connectivity index (χ1n) is 5.06. The largest absolute Gasteiger partial charge is 0.295 e. The van der Waals surface area contributed by atoms with Gasteiger partial charge in [-0.15, -0.1) is 0 Å². The third-order valence-electron chi connectivity index (χ3n) is 2.63. The van der Waals surface area contributed by atoms with Crippen LogP contribution in [0.2, 0.25) is 0 Å². The van der Waals surface area contributed by atoms with Crippen LogP contribution in [-0.4, -0.2) is 5.78 Å². The van der Waals surface area contributed by atoms with E-state index in [4.69, 9.17) is 0 Å². The number of hydrogen-bond donors (Lipinski definition) is 0. The molecule has 0 spiro atoms. The van der Waals surface area contributed by atoms with Crippen LogP contribution in [0.5, 0.6) is 0 Å². The molecule has 1 saturated carbocycles. The highest BCUT2D eigenvalue weighted by molar-refractivity contribution is 6.01. The van der Waals surface area contributed by atoms with Crippen molar-refractivity contribution in [2.45, 2.75) is 26.2 Å². The van der Waals surface area contributed by atoms with Crippen LogP contribution in [0, 0.1) is 6.92 Å². The molecule has 0 atom stereocenters. The highest BCUT2D eigenvalue weighted by Crippen LogP contribution is 2.22. The number of carbonyl (C=O) groups is 1. The Labute approximate surface area is 84.5 Å². The summed E-state index contributed by atoms with van der Waals surface area (Å²) in [5.74, 6) is 0.325. The molecule has 1 aliphatic rings. The van der Waals surface area contributed by atoms with Crippen molar-refractivity contribution in [2.24, 2.45) is 0 Å². The summed E-state index contributed by atoms with van der Waals surface area (Å²) >= 11 is 0. The highest BCUT2D eigenvalue weighted by Gasteiger charge is 2.16. The van der Waals surface area contributed by atoms with Crippen molar-refractivity contribution in [3.8, 4) is 0 Å². The molecule has 1 aromatic carbocycles. The Kier molecular flexibility index (Phi) is 2.49. The Bertz CT molecular complexity index is 371. The molecule has 0 bridgehead atoms. The summed E-state index contributed by atoms with van der Waals surface area (Å²) in [5, 5.41) is 0. The van der Waals surface area contributed by atoms with Gasteiger partial charge in [-0.05, 0) is 37.0 Å². The molecule has 1 heteroatoms. The molecule has 0 amide bonds. The molecule has 0 aromatic heterocycles. The van der Waals surface area contributed by atoms with Crippen LogP contribution < -0.4 is 0 Å². The van der Waals surface area contributed by atoms with Gasteiger partial charge < -0.3 is 0 Å². The zero-order valence-corrected chi connectivity index (χ0v) is 8.42. The molecule has 0 N–H and O–H groups in total. The smallest absolute Gasteiger partial charge is 0.158 e. The first-order chi connectivity index (χ1) is 6.75. The second-order valence-electron chi connectivity index (χ2n) is 3.86. The zero-order chi connectivity index (χ0) is 9.97. The number of ketones is 1. The number of carbonyl (C=O) groups excluding carboxylic acids is 1. The fourth-order valence-electron chi connectivity index (χ4n) is 1.76. The second kappa shape index (κ2) is 3.79. The van der Waals surface area contributed by atoms with Gasteiger partial charge >= 0.3 is 0 Å². The van der Waals surface area contributed by atoms with Gasteiger partial charge in [0.2, 0.25) is 0 Å². The molecule has 1 aliphatic carbocycles. The lowest BCUT2D eigenvalue weighted by atomic mass is 10.1. The molecule has 0 saturated heterocycles. The predicted octanol–water partition coefficient (Wildman–Crippen LogP) is 3.13. The Morgan fingerprint density at radius 1 is 1.14 bits per heavy atom. The maximum absolute atomic E-state index is 11.4. The minimum absolute atomic E-state index is 0.325. The maximum Gasteiger partial charge on any atom is 0.158 e. The average Bonchev–Trinajstić information content (AvgIpc) is 2.56. The molecule has 1 fully saturated rings. The Hall–Kier alpha value is -1.37. The molecule has 0 aliphatic heterocycles. The maximum atomic E-state index is 11.4. The average molecular weight is 186 g/mol. The van der Waals surface area contributed by atoms with E-state index in [1.165, 1.54) is 5.56 Å². The van der Waals surface area contributed by atoms with Gasteiger partial charge in [0.15, 0.2) is 5.78 Å². The summed E-state index contributed by atoms with van der Waals surface area (Å²) < 4.78 is 0. The molecule has 14 heavy (non-hydrogen) atoms. The van der Waals surface area contributed by atoms with Crippen molar-refractivity contribution < 1.29 is 4.79 Å². The van der Waals surface area contributed by atoms with Crippen molar-refractivity contribution in [3.63, 3.8) is 0 Å². The lowest BCUT2D eigenvalue weighted by Crippen LogP contribution is -1.90. The predicted molar refractivity (Wildman–Crippen MR) is 58.0 cm³/mol. The summed E-state index contributed by atoms with van der Waals surface area (Å²) in [4.78, 5) is 11.4. The third kappa shape index (κ3) is 1.92. The monoisotopic (exact) mass is 186 g/mol. The summed E-state index contributed by atoms with van der Waals surface area (Å²) in [6, 6.07) is 8.28. The van der Waals surface area contributed by atoms with E-state index in [1.807, 2.05) is 6.08 Å². The van der Waals surface area contributed by atoms with E-state index in [0.717, 1.165) is 30.4 Å². The first kappa shape index (κ1) is 9.20. The minimum atomic E-state index is 0.325. The van der Waals surface area contributed by atoms with Crippen LogP contribution in [0.25, 0.3) is 6.08 Å². The first-order valence-corrected chi connectivity index (χ1v) is 5.06. The van der Waals surface area contributed by atoms with E-state index in [9.17, 15) is 4.79 Å². The molecule has 1 aromatic rings. The SMILES string of the molecule is Cc1ccc(/C=C2\CCCC2=O)cc1. The van der Waals surface area contributed by atoms with E-state index in [1.54, 1.807) is 0 Å². The van der Waals surface area contributed by atoms with Crippen LogP contribution in [-0.2, 0) is 4.79 Å². The van der Waals surface area contributed by atoms with Crippen molar-refractivity contribution >= 4 is 11.9 Å². The number of benzene rings is 1. The zero-order valence-electron chi connectivity index (χ0n) is 8.42. The fraction of sp³-hybridized carbons (Fsp3) is 0.308.